The van der Waals surface area contributed by atoms with E-state index in [4.69, 9.17) is 0 Å². The summed E-state index contributed by atoms with van der Waals surface area (Å²) in [6, 6.07) is 11.3. The van der Waals surface area contributed by atoms with Crippen LogP contribution in [0.25, 0.3) is 0 Å². The third kappa shape index (κ3) is 6.54. The van der Waals surface area contributed by atoms with Crippen LogP contribution >= 0.6 is 0 Å². The molecule has 7 heteroatoms. The van der Waals surface area contributed by atoms with Gasteiger partial charge in [-0.1, -0.05) is 18.2 Å². The average Bonchev–Trinajstić information content (AvgIpc) is 2.62. The monoisotopic (exact) mass is 371 g/mol. The molecule has 0 fully saturated rings. The van der Waals surface area contributed by atoms with Crippen molar-refractivity contribution in [3.05, 3.63) is 65.0 Å². The first-order valence-corrected chi connectivity index (χ1v) is 8.52. The van der Waals surface area contributed by atoms with E-state index in [0.717, 1.165) is 5.56 Å². The molecule has 3 N–H and O–H groups in total. The zero-order valence-electron chi connectivity index (χ0n) is 15.3. The summed E-state index contributed by atoms with van der Waals surface area (Å²) in [4.78, 5) is 34.8. The Morgan fingerprint density at radius 1 is 0.963 bits per heavy atom. The van der Waals surface area contributed by atoms with Crippen molar-refractivity contribution in [3.63, 3.8) is 0 Å². The minimum absolute atomic E-state index is 0.157. The second-order valence-electron chi connectivity index (χ2n) is 6.12. The molecule has 0 saturated heterocycles. The molecule has 0 unspecified atom stereocenters. The number of rotatable bonds is 7. The summed E-state index contributed by atoms with van der Waals surface area (Å²) in [6.45, 7) is 3.56. The number of nitrogens with one attached hydrogen (secondary N) is 3. The Bertz CT molecular complexity index is 835. The molecule has 0 spiro atoms. The van der Waals surface area contributed by atoms with Gasteiger partial charge in [0, 0.05) is 31.3 Å². The molecular weight excluding hydrogens is 349 g/mol. The molecule has 0 radical (unpaired) electrons. The third-order valence-electron chi connectivity index (χ3n) is 3.81. The van der Waals surface area contributed by atoms with Gasteiger partial charge >= 0.3 is 0 Å². The number of carbonyl (C=O) groups is 3. The van der Waals surface area contributed by atoms with Crippen LogP contribution in [-0.4, -0.2) is 30.8 Å². The summed E-state index contributed by atoms with van der Waals surface area (Å²) in [6.07, 6.45) is 0.192. The van der Waals surface area contributed by atoms with Gasteiger partial charge in [-0.3, -0.25) is 14.4 Å². The van der Waals surface area contributed by atoms with Gasteiger partial charge in [0.15, 0.2) is 0 Å². The summed E-state index contributed by atoms with van der Waals surface area (Å²) in [7, 11) is 0. The molecule has 0 aliphatic rings. The van der Waals surface area contributed by atoms with Gasteiger partial charge in [-0.05, 0) is 42.3 Å². The van der Waals surface area contributed by atoms with Crippen LogP contribution in [0, 0.1) is 12.7 Å². The van der Waals surface area contributed by atoms with Crippen LogP contribution in [0.5, 0.6) is 0 Å². The fraction of sp³-hybridized carbons (Fsp3) is 0.250. The topological polar surface area (TPSA) is 87.3 Å². The molecule has 0 aromatic heterocycles. The van der Waals surface area contributed by atoms with Crippen LogP contribution < -0.4 is 16.0 Å². The smallest absolute Gasteiger partial charge is 0.251 e. The summed E-state index contributed by atoms with van der Waals surface area (Å²) in [5.41, 5.74) is 2.19. The standard InChI is InChI=1S/C20H22FN3O3/c1-13-3-6-16(12-18(13)21)20(27)23-10-9-22-19(26)11-15-4-7-17(8-5-15)24-14(2)25/h3-8,12H,9-11H2,1-2H3,(H,22,26)(H,23,27)(H,24,25). The van der Waals surface area contributed by atoms with Crippen LogP contribution in [0.3, 0.4) is 0 Å². The summed E-state index contributed by atoms with van der Waals surface area (Å²) >= 11 is 0. The van der Waals surface area contributed by atoms with Crippen LogP contribution in [0.2, 0.25) is 0 Å². The molecule has 0 bridgehead atoms. The van der Waals surface area contributed by atoms with Gasteiger partial charge in [0.25, 0.3) is 5.91 Å². The minimum Gasteiger partial charge on any atom is -0.354 e. The van der Waals surface area contributed by atoms with E-state index in [9.17, 15) is 18.8 Å². The first-order valence-electron chi connectivity index (χ1n) is 8.52. The molecule has 27 heavy (non-hydrogen) atoms. The molecule has 0 saturated carbocycles. The van der Waals surface area contributed by atoms with Crippen LogP contribution in [-0.2, 0) is 16.0 Å². The zero-order chi connectivity index (χ0) is 19.8. The fourth-order valence-corrected chi connectivity index (χ4v) is 2.37. The molecule has 2 aromatic rings. The highest BCUT2D eigenvalue weighted by atomic mass is 19.1. The summed E-state index contributed by atoms with van der Waals surface area (Å²) in [5, 5.41) is 7.99. The fourth-order valence-electron chi connectivity index (χ4n) is 2.37. The Hall–Kier alpha value is -3.22. The first kappa shape index (κ1) is 20.1. The van der Waals surface area contributed by atoms with E-state index in [1.807, 2.05) is 0 Å². The van der Waals surface area contributed by atoms with Crippen molar-refractivity contribution < 1.29 is 18.8 Å². The number of carbonyl (C=O) groups excluding carboxylic acids is 3. The normalized spacial score (nSPS) is 10.2. The number of amides is 3. The highest BCUT2D eigenvalue weighted by molar-refractivity contribution is 5.94. The maximum Gasteiger partial charge on any atom is 0.251 e. The number of benzene rings is 2. The lowest BCUT2D eigenvalue weighted by molar-refractivity contribution is -0.120. The molecule has 6 nitrogen and oxygen atoms in total. The second-order valence-corrected chi connectivity index (χ2v) is 6.12. The van der Waals surface area contributed by atoms with Crippen molar-refractivity contribution in [1.82, 2.24) is 10.6 Å². The van der Waals surface area contributed by atoms with Gasteiger partial charge in [0.2, 0.25) is 11.8 Å². The van der Waals surface area contributed by atoms with Crippen molar-refractivity contribution in [2.24, 2.45) is 0 Å². The van der Waals surface area contributed by atoms with E-state index in [0.29, 0.717) is 11.3 Å². The lowest BCUT2D eigenvalue weighted by Crippen LogP contribution is -2.35. The zero-order valence-corrected chi connectivity index (χ0v) is 15.3. The molecule has 2 rings (SSSR count). The Morgan fingerprint density at radius 3 is 2.26 bits per heavy atom. The largest absolute Gasteiger partial charge is 0.354 e. The molecular formula is C20H22FN3O3. The van der Waals surface area contributed by atoms with E-state index in [-0.39, 0.29) is 36.9 Å². The molecule has 2 aromatic carbocycles. The van der Waals surface area contributed by atoms with Crippen molar-refractivity contribution in [1.29, 1.82) is 0 Å². The van der Waals surface area contributed by atoms with E-state index in [2.05, 4.69) is 16.0 Å². The van der Waals surface area contributed by atoms with E-state index in [1.54, 1.807) is 43.3 Å². The van der Waals surface area contributed by atoms with Gasteiger partial charge in [-0.25, -0.2) is 4.39 Å². The minimum atomic E-state index is -0.430. The van der Waals surface area contributed by atoms with Crippen molar-refractivity contribution in [3.8, 4) is 0 Å². The molecule has 0 heterocycles. The van der Waals surface area contributed by atoms with Gasteiger partial charge in [0.05, 0.1) is 6.42 Å². The predicted octanol–water partition coefficient (Wildman–Crippen LogP) is 2.18. The maximum absolute atomic E-state index is 13.5. The predicted molar refractivity (Wildman–Crippen MR) is 101 cm³/mol. The second kappa shape index (κ2) is 9.47. The number of hydrogen-bond donors (Lipinski definition) is 3. The molecule has 0 aliphatic carbocycles. The van der Waals surface area contributed by atoms with Gasteiger partial charge < -0.3 is 16.0 Å². The third-order valence-corrected chi connectivity index (χ3v) is 3.81. The number of anilines is 1. The highest BCUT2D eigenvalue weighted by Gasteiger charge is 2.08. The number of halogens is 1. The van der Waals surface area contributed by atoms with Gasteiger partial charge in [-0.15, -0.1) is 0 Å². The van der Waals surface area contributed by atoms with E-state index >= 15 is 0 Å². The molecule has 0 aliphatic heterocycles. The lowest BCUT2D eigenvalue weighted by atomic mass is 10.1. The Labute approximate surface area is 157 Å². The Morgan fingerprint density at radius 2 is 1.63 bits per heavy atom. The van der Waals surface area contributed by atoms with Crippen LogP contribution in [0.1, 0.15) is 28.4 Å². The summed E-state index contributed by atoms with van der Waals surface area (Å²) < 4.78 is 13.5. The number of aryl methyl sites for hydroxylation is 1. The lowest BCUT2D eigenvalue weighted by Gasteiger charge is -2.08. The SMILES string of the molecule is CC(=O)Nc1ccc(CC(=O)NCCNC(=O)c2ccc(C)c(F)c2)cc1. The van der Waals surface area contributed by atoms with Crippen LogP contribution in [0.15, 0.2) is 42.5 Å². The van der Waals surface area contributed by atoms with Crippen molar-refractivity contribution in [2.45, 2.75) is 20.3 Å². The first-order chi connectivity index (χ1) is 12.8. The molecule has 0 atom stereocenters. The quantitative estimate of drug-likeness (QED) is 0.652. The van der Waals surface area contributed by atoms with Gasteiger partial charge in [-0.2, -0.15) is 0 Å². The Kier molecular flexibility index (Phi) is 7.05. The maximum atomic E-state index is 13.5. The molecule has 3 amide bonds. The van der Waals surface area contributed by atoms with Crippen LogP contribution in [0.4, 0.5) is 10.1 Å². The number of hydrogen-bond acceptors (Lipinski definition) is 3. The van der Waals surface area contributed by atoms with Gasteiger partial charge in [0.1, 0.15) is 5.82 Å². The van der Waals surface area contributed by atoms with Crippen molar-refractivity contribution in [2.75, 3.05) is 18.4 Å². The average molecular weight is 371 g/mol. The summed E-state index contributed by atoms with van der Waals surface area (Å²) in [5.74, 6) is -1.16. The van der Waals surface area contributed by atoms with E-state index < -0.39 is 11.7 Å². The van der Waals surface area contributed by atoms with E-state index in [1.165, 1.54) is 13.0 Å². The Balaban J connectivity index is 1.72. The van der Waals surface area contributed by atoms with Crippen molar-refractivity contribution >= 4 is 23.4 Å². The highest BCUT2D eigenvalue weighted by Crippen LogP contribution is 2.10. The molecule has 142 valence electrons.